The molecule has 0 atom stereocenters. The Morgan fingerprint density at radius 1 is 1.39 bits per heavy atom. The van der Waals surface area contributed by atoms with Crippen molar-refractivity contribution in [3.63, 3.8) is 0 Å². The Bertz CT molecular complexity index is 733. The van der Waals surface area contributed by atoms with Crippen LogP contribution < -0.4 is 5.32 Å². The molecule has 1 N–H and O–H groups in total. The molecule has 0 spiro atoms. The number of carbonyl (C=O) groups is 1. The number of para-hydroxylation sites is 1. The average Bonchev–Trinajstić information content (AvgIpc) is 2.85. The molecule has 8 heteroatoms. The highest BCUT2D eigenvalue weighted by Crippen LogP contribution is 2.27. The zero-order valence-corrected chi connectivity index (χ0v) is 15.1. The second kappa shape index (κ2) is 7.67. The topological polar surface area (TPSA) is 75.5 Å². The molecule has 1 aromatic heterocycles. The van der Waals surface area contributed by atoms with E-state index in [4.69, 9.17) is 0 Å². The van der Waals surface area contributed by atoms with Crippen molar-refractivity contribution in [2.75, 3.05) is 18.9 Å². The fourth-order valence-corrected chi connectivity index (χ4v) is 3.71. The van der Waals surface area contributed by atoms with Crippen molar-refractivity contribution in [2.24, 2.45) is 0 Å². The number of likely N-dealkylation sites (N-methyl/N-ethyl adjacent to an activating group) is 1. The normalized spacial score (nSPS) is 10.8. The molecule has 0 aliphatic rings. The summed E-state index contributed by atoms with van der Waals surface area (Å²) < 4.78 is 1.04. The number of thiophene rings is 1. The molecule has 1 amide bonds. The van der Waals surface area contributed by atoms with Gasteiger partial charge in [0, 0.05) is 17.5 Å². The Balaban J connectivity index is 2.01. The number of hydrogen-bond acceptors (Lipinski definition) is 5. The van der Waals surface area contributed by atoms with E-state index < -0.39 is 4.92 Å². The Hall–Kier alpha value is -1.77. The molecule has 1 aromatic carbocycles. The van der Waals surface area contributed by atoms with Gasteiger partial charge in [-0.05, 0) is 47.6 Å². The molecule has 0 unspecified atom stereocenters. The lowest BCUT2D eigenvalue weighted by molar-refractivity contribution is -0.384. The lowest BCUT2D eigenvalue weighted by Crippen LogP contribution is -2.30. The highest BCUT2D eigenvalue weighted by atomic mass is 79.9. The van der Waals surface area contributed by atoms with Crippen LogP contribution in [0.3, 0.4) is 0 Å². The summed E-state index contributed by atoms with van der Waals surface area (Å²) in [5.74, 6) is -0.277. The van der Waals surface area contributed by atoms with Crippen molar-refractivity contribution in [3.8, 4) is 0 Å². The number of hydrogen-bond donors (Lipinski definition) is 1. The van der Waals surface area contributed by atoms with Gasteiger partial charge in [0.1, 0.15) is 5.69 Å². The van der Waals surface area contributed by atoms with Gasteiger partial charge in [0.25, 0.3) is 5.69 Å². The van der Waals surface area contributed by atoms with E-state index >= 15 is 0 Å². The minimum Gasteiger partial charge on any atom is -0.319 e. The zero-order valence-electron chi connectivity index (χ0n) is 12.7. The van der Waals surface area contributed by atoms with Crippen molar-refractivity contribution in [1.82, 2.24) is 4.90 Å². The van der Waals surface area contributed by atoms with E-state index in [0.29, 0.717) is 12.1 Å². The van der Waals surface area contributed by atoms with Crippen LogP contribution in [-0.2, 0) is 11.3 Å². The van der Waals surface area contributed by atoms with Crippen molar-refractivity contribution < 1.29 is 9.72 Å². The summed E-state index contributed by atoms with van der Waals surface area (Å²) in [6.45, 7) is 2.52. The third kappa shape index (κ3) is 4.85. The monoisotopic (exact) mass is 397 g/mol. The van der Waals surface area contributed by atoms with Crippen LogP contribution in [0.4, 0.5) is 11.4 Å². The standard InChI is InChI=1S/C15H16BrN3O3S/c1-10-4-3-5-12(19(21)22)15(10)17-14(20)9-18(2)8-11-6-7-13(16)23-11/h3-7H,8-9H2,1-2H3,(H,17,20). The van der Waals surface area contributed by atoms with E-state index in [2.05, 4.69) is 21.2 Å². The molecule has 0 saturated carbocycles. The second-order valence-corrected chi connectivity index (χ2v) is 7.70. The number of aryl methyl sites for hydroxylation is 1. The Morgan fingerprint density at radius 2 is 2.13 bits per heavy atom. The number of nitro benzene ring substituents is 1. The summed E-state index contributed by atoms with van der Waals surface area (Å²) >= 11 is 5.01. The smallest absolute Gasteiger partial charge is 0.293 e. The lowest BCUT2D eigenvalue weighted by atomic mass is 10.1. The predicted octanol–water partition coefficient (Wildman–Crippen LogP) is 3.80. The van der Waals surface area contributed by atoms with E-state index in [1.54, 1.807) is 30.4 Å². The van der Waals surface area contributed by atoms with Crippen LogP contribution in [0.25, 0.3) is 0 Å². The fourth-order valence-electron chi connectivity index (χ4n) is 2.15. The van der Waals surface area contributed by atoms with Crippen LogP contribution in [0.1, 0.15) is 10.4 Å². The summed E-state index contributed by atoms with van der Waals surface area (Å²) in [4.78, 5) is 25.7. The average molecular weight is 398 g/mol. The SMILES string of the molecule is Cc1cccc([N+](=O)[O-])c1NC(=O)CN(C)Cc1ccc(Br)s1. The Morgan fingerprint density at radius 3 is 2.74 bits per heavy atom. The van der Waals surface area contributed by atoms with Crippen LogP contribution in [0.15, 0.2) is 34.1 Å². The van der Waals surface area contributed by atoms with Crippen molar-refractivity contribution in [2.45, 2.75) is 13.5 Å². The third-order valence-corrected chi connectivity index (χ3v) is 4.79. The van der Waals surface area contributed by atoms with E-state index in [0.717, 1.165) is 8.66 Å². The first kappa shape index (κ1) is 17.6. The number of nitrogens with one attached hydrogen (secondary N) is 1. The van der Waals surface area contributed by atoms with Gasteiger partial charge in [-0.3, -0.25) is 19.8 Å². The lowest BCUT2D eigenvalue weighted by Gasteiger charge is -2.16. The molecule has 0 saturated heterocycles. The van der Waals surface area contributed by atoms with Gasteiger partial charge in [0.2, 0.25) is 5.91 Å². The minimum atomic E-state index is -0.491. The highest BCUT2D eigenvalue weighted by molar-refractivity contribution is 9.11. The largest absolute Gasteiger partial charge is 0.319 e. The molecule has 2 aromatic rings. The second-order valence-electron chi connectivity index (χ2n) is 5.15. The minimum absolute atomic E-state index is 0.0943. The van der Waals surface area contributed by atoms with Crippen molar-refractivity contribution in [1.29, 1.82) is 0 Å². The third-order valence-electron chi connectivity index (χ3n) is 3.18. The first-order valence-electron chi connectivity index (χ1n) is 6.83. The molecule has 1 heterocycles. The number of benzene rings is 1. The van der Waals surface area contributed by atoms with Crippen LogP contribution in [0, 0.1) is 17.0 Å². The number of halogens is 1. The summed E-state index contributed by atoms with van der Waals surface area (Å²) in [5, 5.41) is 13.7. The van der Waals surface area contributed by atoms with Crippen LogP contribution in [-0.4, -0.2) is 29.3 Å². The molecule has 122 valence electrons. The fraction of sp³-hybridized carbons (Fsp3) is 0.267. The number of nitro groups is 1. The molecule has 0 bridgehead atoms. The summed E-state index contributed by atoms with van der Waals surface area (Å²) in [5.41, 5.74) is 0.829. The quantitative estimate of drug-likeness (QED) is 0.593. The van der Waals surface area contributed by atoms with Crippen molar-refractivity contribution >= 4 is 44.5 Å². The number of nitrogens with zero attached hydrogens (tertiary/aromatic N) is 2. The zero-order chi connectivity index (χ0) is 17.0. The van der Waals surface area contributed by atoms with Gasteiger partial charge in [-0.2, -0.15) is 0 Å². The molecule has 0 fully saturated rings. The van der Waals surface area contributed by atoms with Gasteiger partial charge in [0.15, 0.2) is 0 Å². The summed E-state index contributed by atoms with van der Waals surface area (Å²) in [6.07, 6.45) is 0. The van der Waals surface area contributed by atoms with Gasteiger partial charge in [0.05, 0.1) is 15.3 Å². The summed E-state index contributed by atoms with van der Waals surface area (Å²) in [6, 6.07) is 8.68. The van der Waals surface area contributed by atoms with E-state index in [-0.39, 0.29) is 23.8 Å². The van der Waals surface area contributed by atoms with Gasteiger partial charge >= 0.3 is 0 Å². The van der Waals surface area contributed by atoms with Crippen molar-refractivity contribution in [3.05, 3.63) is 54.7 Å². The van der Waals surface area contributed by atoms with E-state index in [1.807, 2.05) is 24.1 Å². The molecular formula is C15H16BrN3O3S. The predicted molar refractivity (Wildman–Crippen MR) is 94.8 cm³/mol. The van der Waals surface area contributed by atoms with Gasteiger partial charge < -0.3 is 5.32 Å². The maximum Gasteiger partial charge on any atom is 0.293 e. The molecule has 0 aliphatic heterocycles. The Kier molecular flexibility index (Phi) is 5.86. The molecule has 2 rings (SSSR count). The number of anilines is 1. The van der Waals surface area contributed by atoms with E-state index in [9.17, 15) is 14.9 Å². The number of carbonyl (C=O) groups excluding carboxylic acids is 1. The summed E-state index contributed by atoms with van der Waals surface area (Å²) in [7, 11) is 1.83. The number of amides is 1. The molecule has 0 radical (unpaired) electrons. The molecule has 6 nitrogen and oxygen atoms in total. The van der Waals surface area contributed by atoms with Gasteiger partial charge in [-0.15, -0.1) is 11.3 Å². The first-order chi connectivity index (χ1) is 10.9. The highest BCUT2D eigenvalue weighted by Gasteiger charge is 2.18. The molecule has 0 aliphatic carbocycles. The number of rotatable bonds is 6. The molecule has 23 heavy (non-hydrogen) atoms. The first-order valence-corrected chi connectivity index (χ1v) is 8.44. The van der Waals surface area contributed by atoms with E-state index in [1.165, 1.54) is 6.07 Å². The van der Waals surface area contributed by atoms with Gasteiger partial charge in [-0.1, -0.05) is 12.1 Å². The van der Waals surface area contributed by atoms with Crippen LogP contribution in [0.5, 0.6) is 0 Å². The van der Waals surface area contributed by atoms with Crippen LogP contribution >= 0.6 is 27.3 Å². The Labute approximate surface area is 146 Å². The maximum atomic E-state index is 12.2. The molecular weight excluding hydrogens is 382 g/mol. The maximum absolute atomic E-state index is 12.2. The van der Waals surface area contributed by atoms with Crippen LogP contribution in [0.2, 0.25) is 0 Å². The van der Waals surface area contributed by atoms with Gasteiger partial charge in [-0.25, -0.2) is 0 Å².